The lowest BCUT2D eigenvalue weighted by Crippen LogP contribution is -2.45. The van der Waals surface area contributed by atoms with E-state index in [4.69, 9.17) is 9.47 Å². The van der Waals surface area contributed by atoms with E-state index in [9.17, 15) is 4.79 Å². The minimum atomic E-state index is -0.445. The number of likely N-dealkylation sites (tertiary alicyclic amines) is 1. The summed E-state index contributed by atoms with van der Waals surface area (Å²) >= 11 is 0. The molecule has 0 atom stereocenters. The second-order valence-corrected chi connectivity index (χ2v) is 7.04. The third-order valence-electron chi connectivity index (χ3n) is 5.27. The van der Waals surface area contributed by atoms with E-state index >= 15 is 0 Å². The topological polar surface area (TPSA) is 51.7 Å². The van der Waals surface area contributed by atoms with Gasteiger partial charge in [0.1, 0.15) is 5.75 Å². The van der Waals surface area contributed by atoms with Gasteiger partial charge in [0.15, 0.2) is 0 Å². The second kappa shape index (κ2) is 9.51. The zero-order valence-electron chi connectivity index (χ0n) is 16.0. The van der Waals surface area contributed by atoms with Gasteiger partial charge in [-0.25, -0.2) is 0 Å². The number of carbonyl (C=O) groups excluding carboxylic acids is 1. The Bertz CT molecular complexity index is 698. The molecule has 3 rings (SSSR count). The van der Waals surface area contributed by atoms with Crippen LogP contribution < -0.4 is 4.74 Å². The minimum absolute atomic E-state index is 0.0785. The Kier molecular flexibility index (Phi) is 6.82. The molecule has 0 N–H and O–H groups in total. The van der Waals surface area contributed by atoms with Crippen molar-refractivity contribution < 1.29 is 14.3 Å². The molecule has 0 aliphatic carbocycles. The maximum Gasteiger partial charge on any atom is 0.312 e. The van der Waals surface area contributed by atoms with Crippen molar-refractivity contribution in [1.82, 2.24) is 9.88 Å². The molecule has 1 aliphatic heterocycles. The molecule has 5 heteroatoms. The molecule has 2 heterocycles. The highest BCUT2D eigenvalue weighted by molar-refractivity contribution is 5.77. The summed E-state index contributed by atoms with van der Waals surface area (Å²) in [6, 6.07) is 13.8. The van der Waals surface area contributed by atoms with Gasteiger partial charge in [0.05, 0.1) is 18.6 Å². The predicted octanol–water partition coefficient (Wildman–Crippen LogP) is 3.70. The summed E-state index contributed by atoms with van der Waals surface area (Å²) in [6.07, 6.45) is 5.93. The highest BCUT2D eigenvalue weighted by Crippen LogP contribution is 2.37. The van der Waals surface area contributed by atoms with E-state index in [2.05, 4.69) is 9.88 Å². The largest absolute Gasteiger partial charge is 0.494 e. The van der Waals surface area contributed by atoms with Gasteiger partial charge in [0.25, 0.3) is 0 Å². The molecule has 0 radical (unpaired) electrons. The van der Waals surface area contributed by atoms with E-state index in [-0.39, 0.29) is 5.97 Å². The predicted molar refractivity (Wildman–Crippen MR) is 104 cm³/mol. The van der Waals surface area contributed by atoms with Crippen molar-refractivity contribution in [2.75, 3.05) is 26.3 Å². The van der Waals surface area contributed by atoms with Gasteiger partial charge in [0, 0.05) is 18.9 Å². The number of aromatic nitrogens is 1. The Balaban J connectivity index is 1.58. The van der Waals surface area contributed by atoms with Crippen LogP contribution >= 0.6 is 0 Å². The Hall–Kier alpha value is -2.40. The van der Waals surface area contributed by atoms with Gasteiger partial charge in [-0.05, 0) is 69.1 Å². The molecule has 1 aromatic carbocycles. The quantitative estimate of drug-likeness (QED) is 0.665. The maximum atomic E-state index is 12.7. The number of esters is 1. The standard InChI is InChI=1S/C22H28N2O3/c1-2-26-21(25)22(12-17-27-20-6-4-3-5-7-20)10-15-24(16-11-22)18-19-8-13-23-14-9-19/h3-9,13-14H,2,10-12,15-18H2,1H3. The number of carbonyl (C=O) groups is 1. The molecular weight excluding hydrogens is 340 g/mol. The number of benzene rings is 1. The fourth-order valence-corrected chi connectivity index (χ4v) is 3.61. The highest BCUT2D eigenvalue weighted by Gasteiger charge is 2.42. The Morgan fingerprint density at radius 2 is 1.81 bits per heavy atom. The van der Waals surface area contributed by atoms with Gasteiger partial charge in [-0.3, -0.25) is 14.7 Å². The van der Waals surface area contributed by atoms with E-state index in [1.807, 2.05) is 61.8 Å². The fourth-order valence-electron chi connectivity index (χ4n) is 3.61. The molecule has 0 unspecified atom stereocenters. The van der Waals surface area contributed by atoms with Crippen LogP contribution in [0.1, 0.15) is 31.7 Å². The molecule has 0 bridgehead atoms. The van der Waals surface area contributed by atoms with Gasteiger partial charge in [-0.2, -0.15) is 0 Å². The van der Waals surface area contributed by atoms with Gasteiger partial charge in [-0.1, -0.05) is 18.2 Å². The zero-order chi connectivity index (χ0) is 19.0. The van der Waals surface area contributed by atoms with Gasteiger partial charge in [0.2, 0.25) is 0 Å². The summed E-state index contributed by atoms with van der Waals surface area (Å²) in [5.74, 6) is 0.761. The molecule has 144 valence electrons. The van der Waals surface area contributed by atoms with Crippen LogP contribution in [0.4, 0.5) is 0 Å². The SMILES string of the molecule is CCOC(=O)C1(CCOc2ccccc2)CCN(Cc2ccncc2)CC1. The first kappa shape index (κ1) is 19.4. The lowest BCUT2D eigenvalue weighted by atomic mass is 9.75. The van der Waals surface area contributed by atoms with Crippen LogP contribution in [0.25, 0.3) is 0 Å². The summed E-state index contributed by atoms with van der Waals surface area (Å²) in [4.78, 5) is 19.2. The van der Waals surface area contributed by atoms with Crippen LogP contribution in [0.3, 0.4) is 0 Å². The molecule has 27 heavy (non-hydrogen) atoms. The van der Waals surface area contributed by atoms with E-state index in [0.29, 0.717) is 19.6 Å². The van der Waals surface area contributed by atoms with Crippen molar-refractivity contribution in [1.29, 1.82) is 0 Å². The molecule has 5 nitrogen and oxygen atoms in total. The van der Waals surface area contributed by atoms with Crippen LogP contribution in [0.2, 0.25) is 0 Å². The second-order valence-electron chi connectivity index (χ2n) is 7.04. The number of para-hydroxylation sites is 1. The van der Waals surface area contributed by atoms with Crippen molar-refractivity contribution in [2.24, 2.45) is 5.41 Å². The summed E-state index contributed by atoms with van der Waals surface area (Å²) in [5.41, 5.74) is 0.806. The van der Waals surface area contributed by atoms with Crippen LogP contribution in [0.5, 0.6) is 5.75 Å². The summed E-state index contributed by atoms with van der Waals surface area (Å²) < 4.78 is 11.3. The van der Waals surface area contributed by atoms with E-state index in [0.717, 1.165) is 38.2 Å². The molecule has 0 spiro atoms. The van der Waals surface area contributed by atoms with Crippen LogP contribution in [-0.2, 0) is 16.1 Å². The molecule has 0 amide bonds. The van der Waals surface area contributed by atoms with Crippen molar-refractivity contribution in [3.8, 4) is 5.75 Å². The molecule has 1 fully saturated rings. The number of nitrogens with zero attached hydrogens (tertiary/aromatic N) is 2. The molecule has 0 saturated carbocycles. The molecule has 1 aliphatic rings. The minimum Gasteiger partial charge on any atom is -0.494 e. The normalized spacial score (nSPS) is 16.6. The van der Waals surface area contributed by atoms with E-state index < -0.39 is 5.41 Å². The molecule has 1 aromatic heterocycles. The van der Waals surface area contributed by atoms with E-state index in [1.54, 1.807) is 0 Å². The fraction of sp³-hybridized carbons (Fsp3) is 0.455. The number of pyridine rings is 1. The first-order chi connectivity index (χ1) is 13.2. The monoisotopic (exact) mass is 368 g/mol. The molecular formula is C22H28N2O3. The third kappa shape index (κ3) is 5.30. The number of hydrogen-bond acceptors (Lipinski definition) is 5. The summed E-state index contributed by atoms with van der Waals surface area (Å²) in [6.45, 7) is 5.46. The zero-order valence-corrected chi connectivity index (χ0v) is 16.0. The van der Waals surface area contributed by atoms with Crippen molar-refractivity contribution >= 4 is 5.97 Å². The number of ether oxygens (including phenoxy) is 2. The third-order valence-corrected chi connectivity index (χ3v) is 5.27. The van der Waals surface area contributed by atoms with Crippen LogP contribution in [0.15, 0.2) is 54.9 Å². The molecule has 2 aromatic rings. The first-order valence-corrected chi connectivity index (χ1v) is 9.68. The van der Waals surface area contributed by atoms with Gasteiger partial charge < -0.3 is 9.47 Å². The van der Waals surface area contributed by atoms with Crippen molar-refractivity contribution in [3.63, 3.8) is 0 Å². The van der Waals surface area contributed by atoms with Crippen LogP contribution in [-0.4, -0.2) is 42.2 Å². The first-order valence-electron chi connectivity index (χ1n) is 9.68. The smallest absolute Gasteiger partial charge is 0.312 e. The summed E-state index contributed by atoms with van der Waals surface area (Å²) in [7, 11) is 0. The lowest BCUT2D eigenvalue weighted by Gasteiger charge is -2.40. The Morgan fingerprint density at radius 1 is 1.11 bits per heavy atom. The highest BCUT2D eigenvalue weighted by atomic mass is 16.5. The maximum absolute atomic E-state index is 12.7. The average molecular weight is 368 g/mol. The van der Waals surface area contributed by atoms with Gasteiger partial charge >= 0.3 is 5.97 Å². The molecule has 1 saturated heterocycles. The Labute approximate surface area is 161 Å². The average Bonchev–Trinajstić information content (AvgIpc) is 2.71. The van der Waals surface area contributed by atoms with Crippen molar-refractivity contribution in [2.45, 2.75) is 32.7 Å². The number of rotatable bonds is 8. The summed E-state index contributed by atoms with van der Waals surface area (Å²) in [5, 5.41) is 0. The number of hydrogen-bond donors (Lipinski definition) is 0. The van der Waals surface area contributed by atoms with Crippen molar-refractivity contribution in [3.05, 3.63) is 60.4 Å². The Morgan fingerprint density at radius 3 is 2.48 bits per heavy atom. The number of piperidine rings is 1. The van der Waals surface area contributed by atoms with Crippen LogP contribution in [0, 0.1) is 5.41 Å². The lowest BCUT2D eigenvalue weighted by molar-refractivity contribution is -0.159. The van der Waals surface area contributed by atoms with Gasteiger partial charge in [-0.15, -0.1) is 0 Å². The van der Waals surface area contributed by atoms with E-state index in [1.165, 1.54) is 5.56 Å².